The monoisotopic (exact) mass is 269 g/mol. The summed E-state index contributed by atoms with van der Waals surface area (Å²) in [5, 5.41) is 4.13. The fraction of sp³-hybridized carbons (Fsp3) is 0.100. The van der Waals surface area contributed by atoms with Gasteiger partial charge in [0.15, 0.2) is 0 Å². The van der Waals surface area contributed by atoms with E-state index in [-0.39, 0.29) is 0 Å². The summed E-state index contributed by atoms with van der Waals surface area (Å²) in [5.74, 6) is 0. The van der Waals surface area contributed by atoms with Crippen molar-refractivity contribution in [3.63, 3.8) is 0 Å². The van der Waals surface area contributed by atoms with Crippen LogP contribution in [-0.2, 0) is 6.54 Å². The fourth-order valence-corrected chi connectivity index (χ4v) is 3.93. The molecule has 1 heteroatoms. The fourth-order valence-electron chi connectivity index (χ4n) is 3.93. The third-order valence-corrected chi connectivity index (χ3v) is 4.72. The summed E-state index contributed by atoms with van der Waals surface area (Å²) < 4.78 is 2.46. The van der Waals surface area contributed by atoms with E-state index in [4.69, 9.17) is 0 Å². The zero-order valence-electron chi connectivity index (χ0n) is 11.9. The molecule has 21 heavy (non-hydrogen) atoms. The van der Waals surface area contributed by atoms with Gasteiger partial charge >= 0.3 is 0 Å². The molecule has 0 fully saturated rings. The molecule has 0 saturated heterocycles. The van der Waals surface area contributed by atoms with Crippen LogP contribution in [0.1, 0.15) is 6.92 Å². The molecule has 0 saturated carbocycles. The van der Waals surface area contributed by atoms with Gasteiger partial charge in [-0.15, -0.1) is 0 Å². The minimum atomic E-state index is 1.00. The van der Waals surface area contributed by atoms with E-state index in [0.29, 0.717) is 0 Å². The van der Waals surface area contributed by atoms with Crippen LogP contribution in [0.5, 0.6) is 0 Å². The van der Waals surface area contributed by atoms with Gasteiger partial charge in [-0.3, -0.25) is 0 Å². The van der Waals surface area contributed by atoms with Crippen molar-refractivity contribution in [3.8, 4) is 22.4 Å². The Morgan fingerprint density at radius 3 is 2.38 bits per heavy atom. The molecule has 0 amide bonds. The first-order valence-corrected chi connectivity index (χ1v) is 7.54. The van der Waals surface area contributed by atoms with Crippen molar-refractivity contribution in [1.82, 2.24) is 4.57 Å². The second-order valence-electron chi connectivity index (χ2n) is 5.69. The largest absolute Gasteiger partial charge is 0.340 e. The van der Waals surface area contributed by atoms with Crippen molar-refractivity contribution >= 4 is 21.7 Å². The Kier molecular flexibility index (Phi) is 2.00. The van der Waals surface area contributed by atoms with Crippen LogP contribution in [0.3, 0.4) is 0 Å². The van der Waals surface area contributed by atoms with Crippen molar-refractivity contribution in [2.75, 3.05) is 0 Å². The lowest BCUT2D eigenvalue weighted by Gasteiger charge is -2.08. The number of nitrogens with zero attached hydrogens (tertiary/aromatic N) is 1. The van der Waals surface area contributed by atoms with Crippen LogP contribution in [0.25, 0.3) is 44.1 Å². The minimum absolute atomic E-state index is 1.00. The van der Waals surface area contributed by atoms with Crippen LogP contribution < -0.4 is 0 Å². The van der Waals surface area contributed by atoms with Crippen molar-refractivity contribution in [2.24, 2.45) is 0 Å². The van der Waals surface area contributed by atoms with Gasteiger partial charge in [0.1, 0.15) is 0 Å². The highest BCUT2D eigenvalue weighted by atomic mass is 15.0. The first kappa shape index (κ1) is 11.2. The van der Waals surface area contributed by atoms with Gasteiger partial charge in [0.2, 0.25) is 0 Å². The molecule has 3 aromatic carbocycles. The molecule has 1 nitrogen and oxygen atoms in total. The highest BCUT2D eigenvalue weighted by Gasteiger charge is 2.27. The second-order valence-corrected chi connectivity index (χ2v) is 5.69. The van der Waals surface area contributed by atoms with Crippen molar-refractivity contribution in [1.29, 1.82) is 0 Å². The Morgan fingerprint density at radius 2 is 1.57 bits per heavy atom. The Labute approximate surface area is 123 Å². The zero-order chi connectivity index (χ0) is 14.0. The molecule has 0 unspecified atom stereocenters. The van der Waals surface area contributed by atoms with Crippen molar-refractivity contribution in [2.45, 2.75) is 13.5 Å². The number of para-hydroxylation sites is 1. The third-order valence-electron chi connectivity index (χ3n) is 4.72. The van der Waals surface area contributed by atoms with Gasteiger partial charge in [-0.2, -0.15) is 0 Å². The first-order valence-electron chi connectivity index (χ1n) is 7.54. The summed E-state index contributed by atoms with van der Waals surface area (Å²) in [5.41, 5.74) is 6.93. The number of benzene rings is 3. The quantitative estimate of drug-likeness (QED) is 0.380. The number of hydrogen-bond donors (Lipinski definition) is 0. The topological polar surface area (TPSA) is 4.93 Å². The summed E-state index contributed by atoms with van der Waals surface area (Å²) in [7, 11) is 0. The van der Waals surface area contributed by atoms with E-state index in [1.165, 1.54) is 44.1 Å². The zero-order valence-corrected chi connectivity index (χ0v) is 11.9. The number of aromatic nitrogens is 1. The molecule has 4 aromatic rings. The Hall–Kier alpha value is -2.54. The molecule has 0 atom stereocenters. The maximum Gasteiger partial charge on any atom is 0.0577 e. The summed E-state index contributed by atoms with van der Waals surface area (Å²) in [4.78, 5) is 0. The van der Waals surface area contributed by atoms with Crippen LogP contribution in [0.15, 0.2) is 60.7 Å². The average molecular weight is 269 g/mol. The Balaban J connectivity index is 2.09. The molecule has 0 spiro atoms. The number of rotatable bonds is 1. The van der Waals surface area contributed by atoms with Crippen LogP contribution in [0.2, 0.25) is 0 Å². The van der Waals surface area contributed by atoms with Gasteiger partial charge in [-0.1, -0.05) is 54.6 Å². The van der Waals surface area contributed by atoms with Gasteiger partial charge in [0, 0.05) is 28.6 Å². The number of hydrogen-bond acceptors (Lipinski definition) is 0. The lowest BCUT2D eigenvalue weighted by atomic mass is 10.0. The van der Waals surface area contributed by atoms with E-state index in [1.807, 2.05) is 0 Å². The van der Waals surface area contributed by atoms with E-state index in [1.54, 1.807) is 0 Å². The summed E-state index contributed by atoms with van der Waals surface area (Å²) >= 11 is 0. The van der Waals surface area contributed by atoms with Crippen LogP contribution >= 0.6 is 0 Å². The van der Waals surface area contributed by atoms with Crippen LogP contribution in [0.4, 0.5) is 0 Å². The minimum Gasteiger partial charge on any atom is -0.340 e. The molecule has 5 rings (SSSR count). The Morgan fingerprint density at radius 1 is 0.810 bits per heavy atom. The van der Waals surface area contributed by atoms with Gasteiger partial charge in [-0.25, -0.2) is 0 Å². The summed E-state index contributed by atoms with van der Waals surface area (Å²) in [6.45, 7) is 3.23. The lowest BCUT2D eigenvalue weighted by Crippen LogP contribution is -1.95. The second kappa shape index (κ2) is 3.76. The highest BCUT2D eigenvalue weighted by Crippen LogP contribution is 2.51. The molecule has 0 radical (unpaired) electrons. The highest BCUT2D eigenvalue weighted by molar-refractivity contribution is 6.21. The van der Waals surface area contributed by atoms with E-state index >= 15 is 0 Å². The smallest absolute Gasteiger partial charge is 0.0577 e. The average Bonchev–Trinajstić information content (AvgIpc) is 3.03. The maximum atomic E-state index is 2.46. The van der Waals surface area contributed by atoms with E-state index in [0.717, 1.165) is 6.54 Å². The van der Waals surface area contributed by atoms with Gasteiger partial charge < -0.3 is 4.57 Å². The third kappa shape index (κ3) is 1.22. The molecule has 0 bridgehead atoms. The van der Waals surface area contributed by atoms with Gasteiger partial charge in [-0.05, 0) is 29.3 Å². The molecular formula is C20H15N. The molecular weight excluding hydrogens is 254 g/mol. The van der Waals surface area contributed by atoms with Crippen LogP contribution in [0, 0.1) is 0 Å². The molecule has 0 N–H and O–H groups in total. The maximum absolute atomic E-state index is 2.46. The lowest BCUT2D eigenvalue weighted by molar-refractivity contribution is 0.807. The summed E-state index contributed by atoms with van der Waals surface area (Å²) in [6, 6.07) is 22.1. The number of aryl methyl sites for hydroxylation is 1. The first-order chi connectivity index (χ1) is 10.4. The van der Waals surface area contributed by atoms with Crippen molar-refractivity contribution < 1.29 is 0 Å². The Bertz CT molecular complexity index is 1020. The van der Waals surface area contributed by atoms with E-state index < -0.39 is 0 Å². The number of fused-ring (bicyclic) bond motifs is 5. The molecule has 1 aliphatic rings. The molecule has 1 aliphatic carbocycles. The molecule has 100 valence electrons. The molecule has 1 aromatic heterocycles. The van der Waals surface area contributed by atoms with E-state index in [9.17, 15) is 0 Å². The van der Waals surface area contributed by atoms with E-state index in [2.05, 4.69) is 72.2 Å². The molecule has 1 heterocycles. The van der Waals surface area contributed by atoms with Gasteiger partial charge in [0.25, 0.3) is 0 Å². The summed E-state index contributed by atoms with van der Waals surface area (Å²) in [6.07, 6.45) is 0. The van der Waals surface area contributed by atoms with Crippen LogP contribution in [-0.4, -0.2) is 4.57 Å². The predicted molar refractivity (Wildman–Crippen MR) is 89.5 cm³/mol. The SMILES string of the molecule is CCn1c2c(c3ccccc31)-c1cccc3cccc-2c13. The van der Waals surface area contributed by atoms with Crippen molar-refractivity contribution in [3.05, 3.63) is 60.7 Å². The standard InChI is InChI=1S/C20H15N/c1-2-21-17-12-4-3-9-14(17)19-15-10-5-7-13-8-6-11-16(18(13)15)20(19)21/h3-12H,2H2,1H3. The predicted octanol–water partition coefficient (Wildman–Crippen LogP) is 5.46. The normalized spacial score (nSPS) is 12.2. The molecule has 0 aliphatic heterocycles. The van der Waals surface area contributed by atoms with Gasteiger partial charge in [0.05, 0.1) is 5.69 Å².